The summed E-state index contributed by atoms with van der Waals surface area (Å²) in [5.74, 6) is 0. The quantitative estimate of drug-likeness (QED) is 0.519. The molecule has 0 atom stereocenters. The number of aryl methyl sites for hydroxylation is 2. The molecule has 4 nitrogen and oxygen atoms in total. The number of anilines is 1. The Labute approximate surface area is 175 Å². The Kier molecular flexibility index (Phi) is 6.64. The number of hydrogen-bond acceptors (Lipinski definition) is 3. The fourth-order valence-electron chi connectivity index (χ4n) is 2.87. The standard InChI is InChI=1S/C23H22F2N2O2S/c1-17-8-12-20(13-9-17)27(16-22(23(24)25)19-6-4-3-5-7-19)26-30(28,29)21-14-10-18(2)11-15-21/h3-15,26H,16H2,1-2H3. The summed E-state index contributed by atoms with van der Waals surface area (Å²) in [4.78, 5) is 2.51. The van der Waals surface area contributed by atoms with E-state index in [-0.39, 0.29) is 17.0 Å². The van der Waals surface area contributed by atoms with Crippen molar-refractivity contribution < 1.29 is 17.2 Å². The maximum atomic E-state index is 13.8. The van der Waals surface area contributed by atoms with Crippen LogP contribution in [0.2, 0.25) is 0 Å². The molecular formula is C23H22F2N2O2S. The van der Waals surface area contributed by atoms with Crippen molar-refractivity contribution in [3.8, 4) is 0 Å². The molecule has 0 saturated carbocycles. The van der Waals surface area contributed by atoms with Crippen LogP contribution in [0.3, 0.4) is 0 Å². The van der Waals surface area contributed by atoms with E-state index < -0.39 is 16.1 Å². The summed E-state index contributed by atoms with van der Waals surface area (Å²) < 4.78 is 53.5. The molecule has 0 aliphatic rings. The van der Waals surface area contributed by atoms with Gasteiger partial charge >= 0.3 is 0 Å². The first kappa shape index (κ1) is 21.7. The predicted molar refractivity (Wildman–Crippen MR) is 116 cm³/mol. The normalized spacial score (nSPS) is 11.2. The van der Waals surface area contributed by atoms with Gasteiger partial charge in [0.25, 0.3) is 16.1 Å². The number of benzene rings is 3. The second kappa shape index (κ2) is 9.19. The van der Waals surface area contributed by atoms with Crippen LogP contribution in [0, 0.1) is 13.8 Å². The molecule has 0 amide bonds. The molecule has 1 N–H and O–H groups in total. The Morgan fingerprint density at radius 3 is 1.90 bits per heavy atom. The molecule has 30 heavy (non-hydrogen) atoms. The van der Waals surface area contributed by atoms with Gasteiger partial charge in [-0.05, 0) is 43.7 Å². The molecule has 0 spiro atoms. The van der Waals surface area contributed by atoms with E-state index in [0.29, 0.717) is 11.3 Å². The molecule has 0 radical (unpaired) electrons. The monoisotopic (exact) mass is 428 g/mol. The molecule has 0 heterocycles. The van der Waals surface area contributed by atoms with Crippen LogP contribution in [-0.2, 0) is 10.0 Å². The van der Waals surface area contributed by atoms with Crippen molar-refractivity contribution in [3.05, 3.63) is 102 Å². The van der Waals surface area contributed by atoms with Crippen LogP contribution in [0.15, 0.2) is 89.8 Å². The molecule has 0 aliphatic carbocycles. The highest BCUT2D eigenvalue weighted by molar-refractivity contribution is 7.89. The maximum Gasteiger partial charge on any atom is 0.275 e. The van der Waals surface area contributed by atoms with Gasteiger partial charge in [-0.1, -0.05) is 65.7 Å². The fraction of sp³-hybridized carbons (Fsp3) is 0.130. The van der Waals surface area contributed by atoms with E-state index in [1.54, 1.807) is 66.7 Å². The first-order valence-electron chi connectivity index (χ1n) is 9.29. The first-order chi connectivity index (χ1) is 14.3. The van der Waals surface area contributed by atoms with E-state index >= 15 is 0 Å². The topological polar surface area (TPSA) is 49.4 Å². The molecule has 0 saturated heterocycles. The molecule has 0 aromatic heterocycles. The highest BCUT2D eigenvalue weighted by Gasteiger charge is 2.22. The number of hydrazine groups is 1. The van der Waals surface area contributed by atoms with Crippen LogP contribution in [0.25, 0.3) is 5.57 Å². The van der Waals surface area contributed by atoms with Gasteiger partial charge in [0, 0.05) is 5.57 Å². The van der Waals surface area contributed by atoms with Gasteiger partial charge < -0.3 is 0 Å². The molecule has 0 unspecified atom stereocenters. The maximum absolute atomic E-state index is 13.8. The van der Waals surface area contributed by atoms with Gasteiger partial charge in [0.15, 0.2) is 0 Å². The van der Waals surface area contributed by atoms with Crippen molar-refractivity contribution in [1.82, 2.24) is 4.83 Å². The summed E-state index contributed by atoms with van der Waals surface area (Å²) in [5.41, 5.74) is 2.40. The van der Waals surface area contributed by atoms with E-state index in [1.807, 2.05) is 13.8 Å². The van der Waals surface area contributed by atoms with Gasteiger partial charge in [-0.2, -0.15) is 8.78 Å². The third-order valence-electron chi connectivity index (χ3n) is 4.57. The van der Waals surface area contributed by atoms with E-state index in [9.17, 15) is 17.2 Å². The largest absolute Gasteiger partial charge is 0.290 e. The third kappa shape index (κ3) is 5.31. The predicted octanol–water partition coefficient (Wildman–Crippen LogP) is 5.31. The summed E-state index contributed by atoms with van der Waals surface area (Å²) in [5, 5.41) is 1.22. The molecule has 3 rings (SSSR count). The molecular weight excluding hydrogens is 406 g/mol. The average Bonchev–Trinajstić information content (AvgIpc) is 2.72. The minimum absolute atomic E-state index is 0.0520. The number of nitrogens with zero attached hydrogens (tertiary/aromatic N) is 1. The van der Waals surface area contributed by atoms with E-state index in [2.05, 4.69) is 4.83 Å². The number of hydrogen-bond donors (Lipinski definition) is 1. The highest BCUT2D eigenvalue weighted by atomic mass is 32.2. The lowest BCUT2D eigenvalue weighted by Crippen LogP contribution is -2.43. The number of nitrogens with one attached hydrogen (secondary N) is 1. The summed E-state index contributed by atoms with van der Waals surface area (Å²) in [6.45, 7) is 3.39. The Morgan fingerprint density at radius 1 is 0.833 bits per heavy atom. The van der Waals surface area contributed by atoms with Crippen LogP contribution in [-0.4, -0.2) is 15.0 Å². The smallest absolute Gasteiger partial charge is 0.275 e. The van der Waals surface area contributed by atoms with Crippen LogP contribution in [0.4, 0.5) is 14.5 Å². The Hall–Kier alpha value is -3.03. The van der Waals surface area contributed by atoms with Gasteiger partial charge in [0.05, 0.1) is 17.1 Å². The van der Waals surface area contributed by atoms with Crippen molar-refractivity contribution >= 4 is 21.3 Å². The minimum Gasteiger partial charge on any atom is -0.290 e. The summed E-state index contributed by atoms with van der Waals surface area (Å²) in [7, 11) is -3.98. The molecule has 3 aromatic rings. The Morgan fingerprint density at radius 2 is 1.37 bits per heavy atom. The summed E-state index contributed by atoms with van der Waals surface area (Å²) in [6.07, 6.45) is -1.87. The van der Waals surface area contributed by atoms with Gasteiger partial charge in [-0.3, -0.25) is 5.01 Å². The molecule has 0 fully saturated rings. The zero-order chi connectivity index (χ0) is 21.7. The molecule has 3 aromatic carbocycles. The van der Waals surface area contributed by atoms with E-state index in [4.69, 9.17) is 0 Å². The lowest BCUT2D eigenvalue weighted by Gasteiger charge is -2.26. The summed E-state index contributed by atoms with van der Waals surface area (Å²) >= 11 is 0. The second-order valence-electron chi connectivity index (χ2n) is 6.93. The van der Waals surface area contributed by atoms with Crippen LogP contribution < -0.4 is 9.84 Å². The summed E-state index contributed by atoms with van der Waals surface area (Å²) in [6, 6.07) is 21.5. The number of sulfonamides is 1. The molecule has 7 heteroatoms. The lowest BCUT2D eigenvalue weighted by atomic mass is 10.1. The first-order valence-corrected chi connectivity index (χ1v) is 10.8. The van der Waals surface area contributed by atoms with Gasteiger partial charge in [0.2, 0.25) is 0 Å². The van der Waals surface area contributed by atoms with Gasteiger partial charge in [0.1, 0.15) is 0 Å². The van der Waals surface area contributed by atoms with E-state index in [0.717, 1.165) is 11.1 Å². The second-order valence-corrected chi connectivity index (χ2v) is 8.60. The van der Waals surface area contributed by atoms with Gasteiger partial charge in [-0.25, -0.2) is 8.42 Å². The van der Waals surface area contributed by atoms with Crippen molar-refractivity contribution in [3.63, 3.8) is 0 Å². The average molecular weight is 429 g/mol. The number of halogens is 2. The highest BCUT2D eigenvalue weighted by Crippen LogP contribution is 2.25. The Bertz CT molecular complexity index is 1120. The minimum atomic E-state index is -3.98. The van der Waals surface area contributed by atoms with Crippen LogP contribution >= 0.6 is 0 Å². The number of rotatable bonds is 7. The van der Waals surface area contributed by atoms with E-state index in [1.165, 1.54) is 17.1 Å². The van der Waals surface area contributed by atoms with Crippen molar-refractivity contribution in [2.45, 2.75) is 18.7 Å². The van der Waals surface area contributed by atoms with Gasteiger partial charge in [-0.15, -0.1) is 4.83 Å². The zero-order valence-electron chi connectivity index (χ0n) is 16.6. The third-order valence-corrected chi connectivity index (χ3v) is 5.93. The van der Waals surface area contributed by atoms with Crippen molar-refractivity contribution in [2.24, 2.45) is 0 Å². The fourth-order valence-corrected chi connectivity index (χ4v) is 3.93. The molecule has 0 aliphatic heterocycles. The molecule has 156 valence electrons. The SMILES string of the molecule is Cc1ccc(N(CC(=C(F)F)c2ccccc2)NS(=O)(=O)c2ccc(C)cc2)cc1. The Balaban J connectivity index is 1.99. The lowest BCUT2D eigenvalue weighted by molar-refractivity contribution is 0.423. The van der Waals surface area contributed by atoms with Crippen LogP contribution in [0.1, 0.15) is 16.7 Å². The zero-order valence-corrected chi connectivity index (χ0v) is 17.5. The van der Waals surface area contributed by atoms with Crippen molar-refractivity contribution in [1.29, 1.82) is 0 Å². The van der Waals surface area contributed by atoms with Crippen molar-refractivity contribution in [2.75, 3.05) is 11.6 Å². The van der Waals surface area contributed by atoms with Crippen LogP contribution in [0.5, 0.6) is 0 Å². The molecule has 0 bridgehead atoms.